The molecule has 0 saturated carbocycles. The predicted molar refractivity (Wildman–Crippen MR) is 62.4 cm³/mol. The average Bonchev–Trinajstić information content (AvgIpc) is 2.28. The van der Waals surface area contributed by atoms with Gasteiger partial charge in [0.15, 0.2) is 5.84 Å². The topological polar surface area (TPSA) is 87.7 Å². The van der Waals surface area contributed by atoms with Gasteiger partial charge in [-0.25, -0.2) is 0 Å². The first-order valence-electron chi connectivity index (χ1n) is 4.94. The van der Waals surface area contributed by atoms with Crippen molar-refractivity contribution in [3.63, 3.8) is 0 Å². The van der Waals surface area contributed by atoms with Crippen LogP contribution in [0.3, 0.4) is 0 Å². The van der Waals surface area contributed by atoms with Crippen LogP contribution in [0.25, 0.3) is 0 Å². The second kappa shape index (κ2) is 5.16. The van der Waals surface area contributed by atoms with Crippen LogP contribution in [0.1, 0.15) is 19.4 Å². The summed E-state index contributed by atoms with van der Waals surface area (Å²) in [6.45, 7) is 3.59. The molecule has 0 radical (unpaired) electrons. The molecule has 1 aromatic rings. The molecule has 1 aromatic carbocycles. The zero-order valence-electron chi connectivity index (χ0n) is 9.27. The fraction of sp³-hybridized carbons (Fsp3) is 0.273. The Morgan fingerprint density at radius 1 is 1.44 bits per heavy atom. The number of rotatable bonds is 3. The quantitative estimate of drug-likeness (QED) is 0.312. The third kappa shape index (κ3) is 2.73. The Morgan fingerprint density at radius 3 is 2.62 bits per heavy atom. The zero-order chi connectivity index (χ0) is 12.1. The molecule has 0 heterocycles. The summed E-state index contributed by atoms with van der Waals surface area (Å²) < 4.78 is 0. The summed E-state index contributed by atoms with van der Waals surface area (Å²) in [6.07, 6.45) is 0. The maximum Gasteiger partial charge on any atom is 0.226 e. The number of nitrogens with two attached hydrogens (primary N) is 1. The second-order valence-electron chi connectivity index (χ2n) is 3.67. The largest absolute Gasteiger partial charge is 0.409 e. The number of amidine groups is 1. The van der Waals surface area contributed by atoms with Gasteiger partial charge in [0.05, 0.1) is 5.69 Å². The Morgan fingerprint density at radius 2 is 2.06 bits per heavy atom. The lowest BCUT2D eigenvalue weighted by atomic mass is 10.1. The molecule has 0 aliphatic carbocycles. The average molecular weight is 221 g/mol. The fourth-order valence-corrected chi connectivity index (χ4v) is 1.15. The molecule has 86 valence electrons. The van der Waals surface area contributed by atoms with Gasteiger partial charge in [-0.05, 0) is 12.1 Å². The molecule has 4 N–H and O–H groups in total. The molecule has 16 heavy (non-hydrogen) atoms. The van der Waals surface area contributed by atoms with Crippen LogP contribution >= 0.6 is 0 Å². The first-order chi connectivity index (χ1) is 7.56. The van der Waals surface area contributed by atoms with Crippen LogP contribution in [-0.2, 0) is 4.79 Å². The summed E-state index contributed by atoms with van der Waals surface area (Å²) in [5.41, 5.74) is 6.53. The van der Waals surface area contributed by atoms with E-state index in [1.807, 2.05) is 0 Å². The maximum atomic E-state index is 11.5. The van der Waals surface area contributed by atoms with Crippen molar-refractivity contribution >= 4 is 17.4 Å². The minimum atomic E-state index is -0.125. The van der Waals surface area contributed by atoms with Crippen molar-refractivity contribution in [3.8, 4) is 0 Å². The van der Waals surface area contributed by atoms with Crippen LogP contribution in [-0.4, -0.2) is 17.0 Å². The zero-order valence-corrected chi connectivity index (χ0v) is 9.27. The highest BCUT2D eigenvalue weighted by atomic mass is 16.4. The summed E-state index contributed by atoms with van der Waals surface area (Å²) in [6, 6.07) is 6.89. The molecule has 1 amide bonds. The number of hydrogen-bond acceptors (Lipinski definition) is 3. The van der Waals surface area contributed by atoms with E-state index in [4.69, 9.17) is 10.9 Å². The molecule has 0 aromatic heterocycles. The van der Waals surface area contributed by atoms with Gasteiger partial charge < -0.3 is 16.3 Å². The number of oxime groups is 1. The van der Waals surface area contributed by atoms with Gasteiger partial charge in [0.25, 0.3) is 0 Å². The number of nitrogens with zero attached hydrogens (tertiary/aromatic N) is 1. The molecule has 0 saturated heterocycles. The van der Waals surface area contributed by atoms with Gasteiger partial charge in [-0.2, -0.15) is 0 Å². The predicted octanol–water partition coefficient (Wildman–Crippen LogP) is 1.38. The van der Waals surface area contributed by atoms with Gasteiger partial charge in [0, 0.05) is 11.5 Å². The number of amides is 1. The van der Waals surface area contributed by atoms with Crippen molar-refractivity contribution in [1.29, 1.82) is 0 Å². The molecule has 0 fully saturated rings. The van der Waals surface area contributed by atoms with E-state index in [2.05, 4.69) is 10.5 Å². The lowest BCUT2D eigenvalue weighted by Crippen LogP contribution is -2.21. The second-order valence-corrected chi connectivity index (χ2v) is 3.67. The minimum absolute atomic E-state index is 0.0281. The van der Waals surface area contributed by atoms with Crippen LogP contribution in [0, 0.1) is 5.92 Å². The van der Waals surface area contributed by atoms with E-state index in [0.29, 0.717) is 11.3 Å². The molecule has 1 rings (SSSR count). The van der Waals surface area contributed by atoms with Crippen molar-refractivity contribution in [2.75, 3.05) is 5.32 Å². The number of carbonyl (C=O) groups excluding carboxylic acids is 1. The summed E-state index contributed by atoms with van der Waals surface area (Å²) >= 11 is 0. The van der Waals surface area contributed by atoms with Crippen LogP contribution in [0.4, 0.5) is 5.69 Å². The van der Waals surface area contributed by atoms with Gasteiger partial charge >= 0.3 is 0 Å². The Bertz CT molecular complexity index is 413. The molecule has 5 nitrogen and oxygen atoms in total. The first-order valence-corrected chi connectivity index (χ1v) is 4.94. The maximum absolute atomic E-state index is 11.5. The van der Waals surface area contributed by atoms with E-state index in [-0.39, 0.29) is 17.7 Å². The van der Waals surface area contributed by atoms with Gasteiger partial charge in [-0.3, -0.25) is 4.79 Å². The lowest BCUT2D eigenvalue weighted by molar-refractivity contribution is -0.118. The molecule has 0 aliphatic heterocycles. The Balaban J connectivity index is 3.00. The van der Waals surface area contributed by atoms with Crippen molar-refractivity contribution in [2.45, 2.75) is 13.8 Å². The van der Waals surface area contributed by atoms with Crippen molar-refractivity contribution < 1.29 is 10.0 Å². The van der Waals surface area contributed by atoms with E-state index in [9.17, 15) is 4.79 Å². The van der Waals surface area contributed by atoms with Crippen LogP contribution in [0.2, 0.25) is 0 Å². The number of nitrogens with one attached hydrogen (secondary N) is 1. The highest BCUT2D eigenvalue weighted by molar-refractivity contribution is 6.05. The fourth-order valence-electron chi connectivity index (χ4n) is 1.15. The van der Waals surface area contributed by atoms with E-state index in [0.717, 1.165) is 0 Å². The molecule has 0 spiro atoms. The highest BCUT2D eigenvalue weighted by Gasteiger charge is 2.11. The van der Waals surface area contributed by atoms with Crippen LogP contribution in [0.15, 0.2) is 29.4 Å². The van der Waals surface area contributed by atoms with Crippen LogP contribution < -0.4 is 11.1 Å². The highest BCUT2D eigenvalue weighted by Crippen LogP contribution is 2.15. The van der Waals surface area contributed by atoms with E-state index in [1.165, 1.54) is 0 Å². The van der Waals surface area contributed by atoms with Gasteiger partial charge in [0.2, 0.25) is 5.91 Å². The van der Waals surface area contributed by atoms with Crippen molar-refractivity contribution in [2.24, 2.45) is 16.8 Å². The SMILES string of the molecule is CC(C)C(=O)Nc1ccccc1/C(N)=N/O. The molecule has 0 bridgehead atoms. The van der Waals surface area contributed by atoms with Crippen LogP contribution in [0.5, 0.6) is 0 Å². The minimum Gasteiger partial charge on any atom is -0.409 e. The number of carbonyl (C=O) groups is 1. The van der Waals surface area contributed by atoms with E-state index >= 15 is 0 Å². The lowest BCUT2D eigenvalue weighted by Gasteiger charge is -2.11. The van der Waals surface area contributed by atoms with Gasteiger partial charge in [0.1, 0.15) is 0 Å². The Hall–Kier alpha value is -2.04. The van der Waals surface area contributed by atoms with E-state index < -0.39 is 0 Å². The first kappa shape index (κ1) is 12.0. The summed E-state index contributed by atoms with van der Waals surface area (Å²) in [5.74, 6) is -0.266. The number of para-hydroxylation sites is 1. The van der Waals surface area contributed by atoms with Gasteiger partial charge in [-0.15, -0.1) is 0 Å². The number of anilines is 1. The third-order valence-electron chi connectivity index (χ3n) is 2.09. The molecule has 5 heteroatoms. The molecular formula is C11H15N3O2. The molecule has 0 aliphatic rings. The summed E-state index contributed by atoms with van der Waals surface area (Å²) in [4.78, 5) is 11.5. The monoisotopic (exact) mass is 221 g/mol. The summed E-state index contributed by atoms with van der Waals surface area (Å²) in [7, 11) is 0. The molecule has 0 unspecified atom stereocenters. The Kier molecular flexibility index (Phi) is 3.88. The molecular weight excluding hydrogens is 206 g/mol. The Labute approximate surface area is 94.0 Å². The number of benzene rings is 1. The van der Waals surface area contributed by atoms with Crippen molar-refractivity contribution in [1.82, 2.24) is 0 Å². The smallest absolute Gasteiger partial charge is 0.226 e. The van der Waals surface area contributed by atoms with Crippen molar-refractivity contribution in [3.05, 3.63) is 29.8 Å². The normalized spacial score (nSPS) is 11.6. The third-order valence-corrected chi connectivity index (χ3v) is 2.09. The van der Waals surface area contributed by atoms with E-state index in [1.54, 1.807) is 38.1 Å². The standard InChI is InChI=1S/C11H15N3O2/c1-7(2)11(15)13-9-6-4-3-5-8(9)10(12)14-16/h3-7,16H,1-2H3,(H2,12,14)(H,13,15). The van der Waals surface area contributed by atoms with Gasteiger partial charge in [-0.1, -0.05) is 31.1 Å². The summed E-state index contributed by atoms with van der Waals surface area (Å²) in [5, 5.41) is 14.2. The molecule has 0 atom stereocenters. The number of hydrogen-bond donors (Lipinski definition) is 3.